The lowest BCUT2D eigenvalue weighted by atomic mass is 9.97. The monoisotopic (exact) mass is 358 g/mol. The van der Waals surface area contributed by atoms with Crippen LogP contribution in [0.3, 0.4) is 0 Å². The number of hydrogen-bond donors (Lipinski definition) is 2. The van der Waals surface area contributed by atoms with Crippen molar-refractivity contribution >= 4 is 33.4 Å². The summed E-state index contributed by atoms with van der Waals surface area (Å²) in [6.45, 7) is 0.382. The molecule has 1 aromatic heterocycles. The Morgan fingerprint density at radius 2 is 1.48 bits per heavy atom. The van der Waals surface area contributed by atoms with Gasteiger partial charge in [0.2, 0.25) is 0 Å². The first-order chi connectivity index (χ1) is 13.2. The molecule has 0 aliphatic heterocycles. The summed E-state index contributed by atoms with van der Waals surface area (Å²) >= 11 is 0. The highest BCUT2D eigenvalue weighted by atomic mass is 16.5. The molecule has 1 heterocycles. The highest BCUT2D eigenvalue weighted by Crippen LogP contribution is 2.28. The van der Waals surface area contributed by atoms with E-state index in [-0.39, 0.29) is 11.6 Å². The number of amides is 1. The van der Waals surface area contributed by atoms with E-state index in [1.54, 1.807) is 6.07 Å². The summed E-state index contributed by atoms with van der Waals surface area (Å²) in [6, 6.07) is 21.5. The van der Waals surface area contributed by atoms with Gasteiger partial charge in [0.1, 0.15) is 11.4 Å². The van der Waals surface area contributed by atoms with Crippen LogP contribution >= 0.6 is 0 Å². The predicted molar refractivity (Wildman–Crippen MR) is 105 cm³/mol. The van der Waals surface area contributed by atoms with Crippen molar-refractivity contribution in [3.8, 4) is 0 Å². The van der Waals surface area contributed by atoms with E-state index in [1.807, 2.05) is 24.3 Å². The molecule has 0 unspecified atom stereocenters. The molecule has 134 valence electrons. The third-order valence-corrected chi connectivity index (χ3v) is 4.64. The number of hydrogen-bond acceptors (Lipinski definition) is 3. The number of carbonyl (C=O) groups is 2. The molecule has 5 nitrogen and oxygen atoms in total. The summed E-state index contributed by atoms with van der Waals surface area (Å²) in [7, 11) is 1.30. The smallest absolute Gasteiger partial charge is 0.354 e. The number of fused-ring (bicyclic) bond motifs is 2. The number of H-pyrrole nitrogens is 1. The Balaban J connectivity index is 1.65. The zero-order valence-corrected chi connectivity index (χ0v) is 14.8. The van der Waals surface area contributed by atoms with Crippen LogP contribution in [0.25, 0.3) is 21.5 Å². The highest BCUT2D eigenvalue weighted by molar-refractivity contribution is 6.03. The minimum atomic E-state index is -0.505. The molecule has 27 heavy (non-hydrogen) atoms. The molecule has 5 heteroatoms. The Bertz CT molecular complexity index is 1110. The zero-order chi connectivity index (χ0) is 18.8. The minimum Gasteiger partial charge on any atom is -0.464 e. The lowest BCUT2D eigenvalue weighted by molar-refractivity contribution is 0.0595. The van der Waals surface area contributed by atoms with E-state index in [4.69, 9.17) is 0 Å². The average Bonchev–Trinajstić information content (AvgIpc) is 3.20. The quantitative estimate of drug-likeness (QED) is 0.427. The van der Waals surface area contributed by atoms with Crippen LogP contribution < -0.4 is 5.32 Å². The van der Waals surface area contributed by atoms with E-state index < -0.39 is 5.97 Å². The summed E-state index contributed by atoms with van der Waals surface area (Å²) in [5.41, 5.74) is 1.63. The molecule has 0 fully saturated rings. The van der Waals surface area contributed by atoms with Crippen LogP contribution in [-0.2, 0) is 11.3 Å². The first kappa shape index (κ1) is 16.8. The normalized spacial score (nSPS) is 10.9. The minimum absolute atomic E-state index is 0.248. The van der Waals surface area contributed by atoms with Gasteiger partial charge in [0.05, 0.1) is 7.11 Å². The Hall–Kier alpha value is -3.60. The van der Waals surface area contributed by atoms with Crippen LogP contribution in [0.15, 0.2) is 66.7 Å². The molecule has 0 radical (unpaired) electrons. The fourth-order valence-corrected chi connectivity index (χ4v) is 3.32. The molecule has 0 atom stereocenters. The van der Waals surface area contributed by atoms with Crippen molar-refractivity contribution in [2.45, 2.75) is 6.54 Å². The number of nitrogens with one attached hydrogen (secondary N) is 2. The molecule has 0 spiro atoms. The molecule has 0 bridgehead atoms. The number of aromatic amines is 1. The number of rotatable bonds is 4. The van der Waals surface area contributed by atoms with Crippen molar-refractivity contribution in [2.75, 3.05) is 7.11 Å². The van der Waals surface area contributed by atoms with Crippen LogP contribution in [0, 0.1) is 0 Å². The Kier molecular flexibility index (Phi) is 4.34. The van der Waals surface area contributed by atoms with Gasteiger partial charge in [0, 0.05) is 6.54 Å². The van der Waals surface area contributed by atoms with Gasteiger partial charge in [-0.1, -0.05) is 48.5 Å². The van der Waals surface area contributed by atoms with Gasteiger partial charge >= 0.3 is 5.97 Å². The summed E-state index contributed by atoms with van der Waals surface area (Å²) < 4.78 is 4.65. The second-order valence-corrected chi connectivity index (χ2v) is 6.26. The van der Waals surface area contributed by atoms with Gasteiger partial charge in [-0.25, -0.2) is 4.79 Å². The summed E-state index contributed by atoms with van der Waals surface area (Å²) in [6.07, 6.45) is 0. The summed E-state index contributed by atoms with van der Waals surface area (Å²) in [4.78, 5) is 26.8. The lowest BCUT2D eigenvalue weighted by Crippen LogP contribution is -2.23. The fourth-order valence-electron chi connectivity index (χ4n) is 3.32. The molecular formula is C22H18N2O3. The topological polar surface area (TPSA) is 71.2 Å². The Morgan fingerprint density at radius 1 is 0.889 bits per heavy atom. The van der Waals surface area contributed by atoms with Gasteiger partial charge < -0.3 is 15.0 Å². The van der Waals surface area contributed by atoms with Crippen LogP contribution in [0.4, 0.5) is 0 Å². The van der Waals surface area contributed by atoms with Gasteiger partial charge in [0.15, 0.2) is 0 Å². The first-order valence-corrected chi connectivity index (χ1v) is 8.62. The van der Waals surface area contributed by atoms with Crippen molar-refractivity contribution < 1.29 is 14.3 Å². The van der Waals surface area contributed by atoms with Crippen molar-refractivity contribution in [1.29, 1.82) is 0 Å². The standard InChI is InChI=1S/C22H18N2O3/c1-27-22(26)20-11-10-19(24-20)21(25)23-13-18-16-8-4-2-6-14(16)12-15-7-3-5-9-17(15)18/h2-12,24H,13H2,1H3,(H,23,25). The van der Waals surface area contributed by atoms with Gasteiger partial charge in [-0.2, -0.15) is 0 Å². The van der Waals surface area contributed by atoms with Gasteiger partial charge in [-0.05, 0) is 45.3 Å². The zero-order valence-electron chi connectivity index (χ0n) is 14.8. The molecule has 1 amide bonds. The maximum atomic E-state index is 12.5. The van der Waals surface area contributed by atoms with Gasteiger partial charge in [-0.3, -0.25) is 4.79 Å². The first-order valence-electron chi connectivity index (χ1n) is 8.62. The van der Waals surface area contributed by atoms with E-state index in [0.717, 1.165) is 27.1 Å². The summed E-state index contributed by atoms with van der Waals surface area (Å²) in [5, 5.41) is 7.43. The molecule has 0 saturated heterocycles. The van der Waals surface area contributed by atoms with Crippen molar-refractivity contribution in [1.82, 2.24) is 10.3 Å². The highest BCUT2D eigenvalue weighted by Gasteiger charge is 2.14. The Morgan fingerprint density at radius 3 is 2.11 bits per heavy atom. The molecule has 0 aliphatic rings. The molecule has 4 rings (SSSR count). The second kappa shape index (κ2) is 6.96. The van der Waals surface area contributed by atoms with Crippen LogP contribution in [0.2, 0.25) is 0 Å². The third kappa shape index (κ3) is 3.15. The van der Waals surface area contributed by atoms with Crippen LogP contribution in [-0.4, -0.2) is 24.0 Å². The Labute approximate surface area is 156 Å². The molecule has 0 saturated carbocycles. The largest absolute Gasteiger partial charge is 0.464 e. The number of esters is 1. The number of carbonyl (C=O) groups excluding carboxylic acids is 2. The summed E-state index contributed by atoms with van der Waals surface area (Å²) in [5.74, 6) is -0.781. The van der Waals surface area contributed by atoms with E-state index in [1.165, 1.54) is 13.2 Å². The second-order valence-electron chi connectivity index (χ2n) is 6.26. The number of ether oxygens (including phenoxy) is 1. The SMILES string of the molecule is COC(=O)c1ccc(C(=O)NCc2c3ccccc3cc3ccccc23)[nH]1. The maximum Gasteiger partial charge on any atom is 0.354 e. The third-order valence-electron chi connectivity index (χ3n) is 4.64. The number of aromatic nitrogens is 1. The van der Waals surface area contributed by atoms with E-state index >= 15 is 0 Å². The van der Waals surface area contributed by atoms with Gasteiger partial charge in [0.25, 0.3) is 5.91 Å². The fraction of sp³-hybridized carbons (Fsp3) is 0.0909. The van der Waals surface area contributed by atoms with E-state index in [9.17, 15) is 9.59 Å². The van der Waals surface area contributed by atoms with Crippen molar-refractivity contribution in [3.05, 3.63) is 83.7 Å². The molecule has 2 N–H and O–H groups in total. The average molecular weight is 358 g/mol. The van der Waals surface area contributed by atoms with E-state index in [0.29, 0.717) is 12.2 Å². The lowest BCUT2D eigenvalue weighted by Gasteiger charge is -2.12. The molecule has 3 aromatic carbocycles. The van der Waals surface area contributed by atoms with Crippen LogP contribution in [0.5, 0.6) is 0 Å². The predicted octanol–water partition coefficient (Wildman–Crippen LogP) is 4.04. The number of benzene rings is 3. The van der Waals surface area contributed by atoms with E-state index in [2.05, 4.69) is 45.4 Å². The molecule has 0 aliphatic carbocycles. The molecular weight excluding hydrogens is 340 g/mol. The van der Waals surface area contributed by atoms with Crippen molar-refractivity contribution in [2.24, 2.45) is 0 Å². The maximum absolute atomic E-state index is 12.5. The number of methoxy groups -OCH3 is 1. The van der Waals surface area contributed by atoms with Gasteiger partial charge in [-0.15, -0.1) is 0 Å². The molecule has 4 aromatic rings. The van der Waals surface area contributed by atoms with Crippen LogP contribution in [0.1, 0.15) is 26.5 Å². The van der Waals surface area contributed by atoms with Crippen molar-refractivity contribution in [3.63, 3.8) is 0 Å².